The number of nitrogens with zero attached hydrogens (tertiary/aromatic N) is 1. The Morgan fingerprint density at radius 1 is 1.26 bits per heavy atom. The molecule has 1 unspecified atom stereocenters. The Bertz CT molecular complexity index is 514. The van der Waals surface area contributed by atoms with E-state index >= 15 is 0 Å². The van der Waals surface area contributed by atoms with Gasteiger partial charge in [-0.1, -0.05) is 30.3 Å². The second-order valence-electron chi connectivity index (χ2n) is 6.52. The standard InChI is InChI=1S/C18H26N2O3/c1-18(22-11-6-12-23-18)14-19-17(21)16-9-5-10-20(16)13-15-7-3-2-4-8-15/h2-4,7-8,16H,5-6,9-14H2,1H3,(H,19,21). The highest BCUT2D eigenvalue weighted by Gasteiger charge is 2.34. The molecular weight excluding hydrogens is 292 g/mol. The Balaban J connectivity index is 1.53. The normalized spacial score (nSPS) is 24.5. The van der Waals surface area contributed by atoms with Crippen LogP contribution in [0.25, 0.3) is 0 Å². The predicted molar refractivity (Wildman–Crippen MR) is 87.8 cm³/mol. The van der Waals surface area contributed by atoms with E-state index in [9.17, 15) is 4.79 Å². The molecule has 2 heterocycles. The van der Waals surface area contributed by atoms with E-state index in [1.807, 2.05) is 25.1 Å². The van der Waals surface area contributed by atoms with Crippen LogP contribution in [-0.4, -0.2) is 48.9 Å². The topological polar surface area (TPSA) is 50.8 Å². The molecule has 5 nitrogen and oxygen atoms in total. The van der Waals surface area contributed by atoms with Crippen LogP contribution >= 0.6 is 0 Å². The molecule has 2 saturated heterocycles. The number of carbonyl (C=O) groups is 1. The molecule has 0 aromatic heterocycles. The third-order valence-electron chi connectivity index (χ3n) is 4.58. The maximum Gasteiger partial charge on any atom is 0.237 e. The van der Waals surface area contributed by atoms with Crippen LogP contribution in [0, 0.1) is 0 Å². The monoisotopic (exact) mass is 318 g/mol. The van der Waals surface area contributed by atoms with Gasteiger partial charge in [0.1, 0.15) is 0 Å². The Labute approximate surface area is 137 Å². The Morgan fingerprint density at radius 2 is 2.00 bits per heavy atom. The summed E-state index contributed by atoms with van der Waals surface area (Å²) in [6.07, 6.45) is 2.89. The molecule has 5 heteroatoms. The number of hydrogen-bond donors (Lipinski definition) is 1. The molecule has 0 aliphatic carbocycles. The van der Waals surface area contributed by atoms with Gasteiger partial charge in [-0.05, 0) is 38.3 Å². The molecule has 2 aliphatic heterocycles. The minimum Gasteiger partial charge on any atom is -0.349 e. The van der Waals surface area contributed by atoms with E-state index in [1.54, 1.807) is 0 Å². The molecule has 0 saturated carbocycles. The van der Waals surface area contributed by atoms with Crippen LogP contribution in [0.2, 0.25) is 0 Å². The lowest BCUT2D eigenvalue weighted by atomic mass is 10.1. The number of benzene rings is 1. The van der Waals surface area contributed by atoms with Crippen molar-refractivity contribution in [3.8, 4) is 0 Å². The lowest BCUT2D eigenvalue weighted by Crippen LogP contribution is -2.51. The molecule has 0 spiro atoms. The molecule has 2 fully saturated rings. The minimum absolute atomic E-state index is 0.0533. The van der Waals surface area contributed by atoms with E-state index in [1.165, 1.54) is 5.56 Å². The predicted octanol–water partition coefficient (Wildman–Crippen LogP) is 1.92. The third kappa shape index (κ3) is 4.31. The van der Waals surface area contributed by atoms with Gasteiger partial charge in [-0.15, -0.1) is 0 Å². The highest BCUT2D eigenvalue weighted by atomic mass is 16.7. The molecule has 1 N–H and O–H groups in total. The summed E-state index contributed by atoms with van der Waals surface area (Å²) in [5.41, 5.74) is 1.25. The maximum absolute atomic E-state index is 12.6. The first-order chi connectivity index (χ1) is 11.2. The van der Waals surface area contributed by atoms with Crippen LogP contribution in [-0.2, 0) is 20.8 Å². The van der Waals surface area contributed by atoms with Crippen molar-refractivity contribution in [3.63, 3.8) is 0 Å². The van der Waals surface area contributed by atoms with Crippen molar-refractivity contribution in [2.24, 2.45) is 0 Å². The van der Waals surface area contributed by atoms with Gasteiger partial charge in [0, 0.05) is 6.54 Å². The molecule has 2 aliphatic rings. The van der Waals surface area contributed by atoms with Gasteiger partial charge in [-0.2, -0.15) is 0 Å². The summed E-state index contributed by atoms with van der Waals surface area (Å²) in [6.45, 7) is 5.47. The van der Waals surface area contributed by atoms with Crippen molar-refractivity contribution in [1.82, 2.24) is 10.2 Å². The Morgan fingerprint density at radius 3 is 2.74 bits per heavy atom. The van der Waals surface area contributed by atoms with E-state index in [0.29, 0.717) is 19.8 Å². The fourth-order valence-corrected chi connectivity index (χ4v) is 3.27. The highest BCUT2D eigenvalue weighted by molar-refractivity contribution is 5.82. The van der Waals surface area contributed by atoms with Gasteiger partial charge in [0.15, 0.2) is 5.79 Å². The van der Waals surface area contributed by atoms with E-state index in [2.05, 4.69) is 22.3 Å². The van der Waals surface area contributed by atoms with Crippen molar-refractivity contribution in [2.45, 2.75) is 44.6 Å². The molecular formula is C18H26N2O3. The maximum atomic E-state index is 12.6. The zero-order valence-electron chi connectivity index (χ0n) is 13.8. The van der Waals surface area contributed by atoms with Gasteiger partial charge >= 0.3 is 0 Å². The number of carbonyl (C=O) groups excluding carboxylic acids is 1. The number of nitrogens with one attached hydrogen (secondary N) is 1. The van der Waals surface area contributed by atoms with Crippen LogP contribution < -0.4 is 5.32 Å². The third-order valence-corrected chi connectivity index (χ3v) is 4.58. The molecule has 1 aromatic carbocycles. The average Bonchev–Trinajstić information content (AvgIpc) is 3.03. The summed E-state index contributed by atoms with van der Waals surface area (Å²) >= 11 is 0. The van der Waals surface area contributed by atoms with Gasteiger partial charge in [0.25, 0.3) is 0 Å². The van der Waals surface area contributed by atoms with E-state index in [-0.39, 0.29) is 11.9 Å². The van der Waals surface area contributed by atoms with Gasteiger partial charge in [-0.3, -0.25) is 9.69 Å². The van der Waals surface area contributed by atoms with Crippen LogP contribution in [0.1, 0.15) is 31.7 Å². The molecule has 1 aromatic rings. The molecule has 1 atom stereocenters. The summed E-state index contributed by atoms with van der Waals surface area (Å²) < 4.78 is 11.3. The van der Waals surface area contributed by atoms with Crippen molar-refractivity contribution in [2.75, 3.05) is 26.3 Å². The fraction of sp³-hybridized carbons (Fsp3) is 0.611. The van der Waals surface area contributed by atoms with Crippen molar-refractivity contribution < 1.29 is 14.3 Å². The van der Waals surface area contributed by atoms with Crippen LogP contribution in [0.4, 0.5) is 0 Å². The fourth-order valence-electron chi connectivity index (χ4n) is 3.27. The zero-order chi connectivity index (χ0) is 16.1. The number of hydrogen-bond acceptors (Lipinski definition) is 4. The van der Waals surface area contributed by atoms with Crippen LogP contribution in [0.5, 0.6) is 0 Å². The lowest BCUT2D eigenvalue weighted by molar-refractivity contribution is -0.252. The lowest BCUT2D eigenvalue weighted by Gasteiger charge is -2.34. The first-order valence-electron chi connectivity index (χ1n) is 8.50. The van der Waals surface area contributed by atoms with Gasteiger partial charge in [0.2, 0.25) is 5.91 Å². The summed E-state index contributed by atoms with van der Waals surface area (Å²) in [7, 11) is 0. The first-order valence-corrected chi connectivity index (χ1v) is 8.50. The number of ether oxygens (including phenoxy) is 2. The van der Waals surface area contributed by atoms with E-state index < -0.39 is 5.79 Å². The van der Waals surface area contributed by atoms with Gasteiger partial charge < -0.3 is 14.8 Å². The SMILES string of the molecule is CC1(CNC(=O)C2CCCN2Cc2ccccc2)OCCCO1. The number of rotatable bonds is 5. The Hall–Kier alpha value is -1.43. The summed E-state index contributed by atoms with van der Waals surface area (Å²) in [4.78, 5) is 14.8. The van der Waals surface area contributed by atoms with Crippen LogP contribution in [0.3, 0.4) is 0 Å². The zero-order valence-corrected chi connectivity index (χ0v) is 13.8. The van der Waals surface area contributed by atoms with Gasteiger partial charge in [-0.25, -0.2) is 0 Å². The second-order valence-corrected chi connectivity index (χ2v) is 6.52. The smallest absolute Gasteiger partial charge is 0.237 e. The first kappa shape index (κ1) is 16.4. The summed E-state index contributed by atoms with van der Waals surface area (Å²) in [5, 5.41) is 3.02. The molecule has 3 rings (SSSR count). The Kier molecular flexibility index (Phi) is 5.30. The van der Waals surface area contributed by atoms with Crippen molar-refractivity contribution >= 4 is 5.91 Å². The molecule has 126 valence electrons. The second kappa shape index (κ2) is 7.43. The molecule has 0 radical (unpaired) electrons. The minimum atomic E-state index is -0.684. The number of amides is 1. The quantitative estimate of drug-likeness (QED) is 0.901. The molecule has 1 amide bonds. The van der Waals surface area contributed by atoms with Gasteiger partial charge in [0.05, 0.1) is 25.8 Å². The van der Waals surface area contributed by atoms with Crippen molar-refractivity contribution in [1.29, 1.82) is 0 Å². The summed E-state index contributed by atoms with van der Waals surface area (Å²) in [5.74, 6) is -0.603. The highest BCUT2D eigenvalue weighted by Crippen LogP contribution is 2.21. The molecule has 23 heavy (non-hydrogen) atoms. The van der Waals surface area contributed by atoms with E-state index in [0.717, 1.165) is 32.4 Å². The van der Waals surface area contributed by atoms with E-state index in [4.69, 9.17) is 9.47 Å². The largest absolute Gasteiger partial charge is 0.349 e. The van der Waals surface area contributed by atoms with Crippen molar-refractivity contribution in [3.05, 3.63) is 35.9 Å². The van der Waals surface area contributed by atoms with Crippen LogP contribution in [0.15, 0.2) is 30.3 Å². The average molecular weight is 318 g/mol. The summed E-state index contributed by atoms with van der Waals surface area (Å²) in [6, 6.07) is 10.3. The number of likely N-dealkylation sites (tertiary alicyclic amines) is 1. The molecule has 0 bridgehead atoms.